The second-order valence-electron chi connectivity index (χ2n) is 5.57. The van der Waals surface area contributed by atoms with Gasteiger partial charge in [-0.15, -0.1) is 0 Å². The maximum atomic E-state index is 12.4. The standard InChI is InChI=1S/C15H25N3O3S/c1-4-10-22(20,21)13-15(19)18(9-8-17(2)3)12-14-6-5-7-16-11-14/h5-7,11H,4,8-10,12-13H2,1-3H3. The number of pyridine rings is 1. The summed E-state index contributed by atoms with van der Waals surface area (Å²) in [6.45, 7) is 3.34. The maximum absolute atomic E-state index is 12.4. The number of hydrogen-bond acceptors (Lipinski definition) is 5. The van der Waals surface area contributed by atoms with Crippen LogP contribution in [0.4, 0.5) is 0 Å². The van der Waals surface area contributed by atoms with Crippen LogP contribution in [0.25, 0.3) is 0 Å². The van der Waals surface area contributed by atoms with E-state index in [0.29, 0.717) is 26.1 Å². The van der Waals surface area contributed by atoms with E-state index >= 15 is 0 Å². The van der Waals surface area contributed by atoms with Crippen molar-refractivity contribution in [3.05, 3.63) is 30.1 Å². The topological polar surface area (TPSA) is 70.6 Å². The van der Waals surface area contributed by atoms with E-state index in [0.717, 1.165) is 5.56 Å². The zero-order chi connectivity index (χ0) is 16.6. The highest BCUT2D eigenvalue weighted by molar-refractivity contribution is 7.92. The van der Waals surface area contributed by atoms with Crippen molar-refractivity contribution in [1.29, 1.82) is 0 Å². The quantitative estimate of drug-likeness (QED) is 0.671. The molecule has 1 aromatic heterocycles. The molecular weight excluding hydrogens is 302 g/mol. The molecule has 6 nitrogen and oxygen atoms in total. The first-order valence-corrected chi connectivity index (χ1v) is 9.18. The van der Waals surface area contributed by atoms with Gasteiger partial charge in [-0.1, -0.05) is 13.0 Å². The lowest BCUT2D eigenvalue weighted by Crippen LogP contribution is -2.39. The number of carbonyl (C=O) groups excluding carboxylic acids is 1. The molecule has 0 aromatic carbocycles. The third-order valence-corrected chi connectivity index (χ3v) is 4.84. The summed E-state index contributed by atoms with van der Waals surface area (Å²) < 4.78 is 23.7. The molecule has 1 heterocycles. The molecule has 0 aliphatic carbocycles. The van der Waals surface area contributed by atoms with Crippen LogP contribution in [-0.4, -0.2) is 67.8 Å². The first-order valence-electron chi connectivity index (χ1n) is 7.36. The van der Waals surface area contributed by atoms with Crippen LogP contribution >= 0.6 is 0 Å². The number of hydrogen-bond donors (Lipinski definition) is 0. The lowest BCUT2D eigenvalue weighted by molar-refractivity contribution is -0.129. The predicted molar refractivity (Wildman–Crippen MR) is 87.2 cm³/mol. The third-order valence-electron chi connectivity index (χ3n) is 3.12. The van der Waals surface area contributed by atoms with Crippen molar-refractivity contribution in [3.8, 4) is 0 Å². The highest BCUT2D eigenvalue weighted by Crippen LogP contribution is 2.06. The van der Waals surface area contributed by atoms with Crippen molar-refractivity contribution >= 4 is 15.7 Å². The molecule has 22 heavy (non-hydrogen) atoms. The minimum absolute atomic E-state index is 0.0488. The minimum Gasteiger partial charge on any atom is -0.336 e. The summed E-state index contributed by atoms with van der Waals surface area (Å²) >= 11 is 0. The first kappa shape index (κ1) is 18.6. The van der Waals surface area contributed by atoms with E-state index in [2.05, 4.69) is 4.98 Å². The van der Waals surface area contributed by atoms with Gasteiger partial charge in [0.1, 0.15) is 5.75 Å². The van der Waals surface area contributed by atoms with Crippen LogP contribution in [0.2, 0.25) is 0 Å². The molecule has 0 fully saturated rings. The Balaban J connectivity index is 2.78. The monoisotopic (exact) mass is 327 g/mol. The van der Waals surface area contributed by atoms with Crippen LogP contribution in [0.3, 0.4) is 0 Å². The molecular formula is C15H25N3O3S. The van der Waals surface area contributed by atoms with Gasteiger partial charge in [0, 0.05) is 32.0 Å². The summed E-state index contributed by atoms with van der Waals surface area (Å²) in [7, 11) is 0.507. The van der Waals surface area contributed by atoms with E-state index in [4.69, 9.17) is 0 Å². The molecule has 0 saturated heterocycles. The van der Waals surface area contributed by atoms with Gasteiger partial charge >= 0.3 is 0 Å². The van der Waals surface area contributed by atoms with E-state index in [1.165, 1.54) is 0 Å². The Kier molecular flexibility index (Phi) is 7.47. The number of amides is 1. The molecule has 0 unspecified atom stereocenters. The van der Waals surface area contributed by atoms with Gasteiger partial charge in [0.15, 0.2) is 9.84 Å². The molecule has 0 aliphatic heterocycles. The summed E-state index contributed by atoms with van der Waals surface area (Å²) in [5.74, 6) is -0.721. The van der Waals surface area contributed by atoms with Gasteiger partial charge in [0.05, 0.1) is 5.75 Å². The van der Waals surface area contributed by atoms with Gasteiger partial charge < -0.3 is 9.80 Å². The number of rotatable bonds is 9. The molecule has 1 aromatic rings. The Morgan fingerprint density at radius 3 is 2.55 bits per heavy atom. The second-order valence-corrected chi connectivity index (χ2v) is 7.76. The fourth-order valence-electron chi connectivity index (χ4n) is 1.99. The van der Waals surface area contributed by atoms with Crippen LogP contribution in [-0.2, 0) is 21.2 Å². The summed E-state index contributed by atoms with van der Waals surface area (Å²) in [6.07, 6.45) is 3.88. The molecule has 7 heteroatoms. The van der Waals surface area contributed by atoms with Crippen LogP contribution in [0.1, 0.15) is 18.9 Å². The zero-order valence-corrected chi connectivity index (χ0v) is 14.3. The molecule has 1 amide bonds. The number of aromatic nitrogens is 1. The second kappa shape index (κ2) is 8.85. The molecule has 124 valence electrons. The molecule has 0 radical (unpaired) electrons. The van der Waals surface area contributed by atoms with Crippen molar-refractivity contribution in [3.63, 3.8) is 0 Å². The first-order chi connectivity index (χ1) is 10.3. The molecule has 0 bridgehead atoms. The van der Waals surface area contributed by atoms with Crippen LogP contribution < -0.4 is 0 Å². The summed E-state index contributed by atoms with van der Waals surface area (Å²) in [5, 5.41) is 0. The van der Waals surface area contributed by atoms with Gasteiger partial charge in [-0.3, -0.25) is 9.78 Å². The number of sulfone groups is 1. The molecule has 0 spiro atoms. The van der Waals surface area contributed by atoms with Crippen molar-refractivity contribution in [2.24, 2.45) is 0 Å². The van der Waals surface area contributed by atoms with Crippen molar-refractivity contribution in [1.82, 2.24) is 14.8 Å². The Hall–Kier alpha value is -1.47. The Bertz CT molecular complexity index is 559. The van der Waals surface area contributed by atoms with Crippen molar-refractivity contribution in [2.45, 2.75) is 19.9 Å². The fraction of sp³-hybridized carbons (Fsp3) is 0.600. The van der Waals surface area contributed by atoms with E-state index < -0.39 is 15.6 Å². The summed E-state index contributed by atoms with van der Waals surface area (Å²) in [5.41, 5.74) is 0.891. The third kappa shape index (κ3) is 7.00. The van der Waals surface area contributed by atoms with Gasteiger partial charge in [-0.2, -0.15) is 0 Å². The number of carbonyl (C=O) groups is 1. The van der Waals surface area contributed by atoms with E-state index in [-0.39, 0.29) is 11.7 Å². The van der Waals surface area contributed by atoms with Gasteiger partial charge in [-0.25, -0.2) is 8.42 Å². The summed E-state index contributed by atoms with van der Waals surface area (Å²) in [6, 6.07) is 3.68. The maximum Gasteiger partial charge on any atom is 0.238 e. The van der Waals surface area contributed by atoms with E-state index in [9.17, 15) is 13.2 Å². The highest BCUT2D eigenvalue weighted by atomic mass is 32.2. The Morgan fingerprint density at radius 1 is 1.27 bits per heavy atom. The average Bonchev–Trinajstić information content (AvgIpc) is 2.43. The van der Waals surface area contributed by atoms with Crippen LogP contribution in [0.15, 0.2) is 24.5 Å². The Morgan fingerprint density at radius 2 is 2.00 bits per heavy atom. The summed E-state index contributed by atoms with van der Waals surface area (Å²) in [4.78, 5) is 19.9. The van der Waals surface area contributed by atoms with Gasteiger partial charge in [-0.05, 0) is 32.1 Å². The number of likely N-dealkylation sites (N-methyl/N-ethyl adjacent to an activating group) is 1. The molecule has 0 aliphatic rings. The van der Waals surface area contributed by atoms with E-state index in [1.807, 2.05) is 25.1 Å². The minimum atomic E-state index is -3.33. The fourth-order valence-corrected chi connectivity index (χ4v) is 3.31. The normalized spacial score (nSPS) is 11.6. The lowest BCUT2D eigenvalue weighted by atomic mass is 10.2. The average molecular weight is 327 g/mol. The van der Waals surface area contributed by atoms with Crippen molar-refractivity contribution in [2.75, 3.05) is 38.7 Å². The smallest absolute Gasteiger partial charge is 0.238 e. The Labute approximate surface area is 133 Å². The molecule has 0 saturated carbocycles. The molecule has 1 rings (SSSR count). The lowest BCUT2D eigenvalue weighted by Gasteiger charge is -2.24. The molecule has 0 atom stereocenters. The SMILES string of the molecule is CCCS(=O)(=O)CC(=O)N(CCN(C)C)Cc1cccnc1. The largest absolute Gasteiger partial charge is 0.336 e. The van der Waals surface area contributed by atoms with E-state index in [1.54, 1.807) is 30.3 Å². The van der Waals surface area contributed by atoms with Gasteiger partial charge in [0.25, 0.3) is 0 Å². The highest BCUT2D eigenvalue weighted by Gasteiger charge is 2.21. The van der Waals surface area contributed by atoms with Crippen LogP contribution in [0, 0.1) is 0 Å². The van der Waals surface area contributed by atoms with Gasteiger partial charge in [0.2, 0.25) is 5.91 Å². The molecule has 0 N–H and O–H groups in total. The van der Waals surface area contributed by atoms with Crippen molar-refractivity contribution < 1.29 is 13.2 Å². The number of nitrogens with zero attached hydrogens (tertiary/aromatic N) is 3. The van der Waals surface area contributed by atoms with Crippen LogP contribution in [0.5, 0.6) is 0 Å². The predicted octanol–water partition coefficient (Wildman–Crippen LogP) is 0.797. The zero-order valence-electron chi connectivity index (χ0n) is 13.5.